The van der Waals surface area contributed by atoms with E-state index < -0.39 is 11.7 Å². The third-order valence-corrected chi connectivity index (χ3v) is 3.88. The van der Waals surface area contributed by atoms with Crippen LogP contribution in [0.5, 0.6) is 0 Å². The number of nitrogens with zero attached hydrogens (tertiary/aromatic N) is 2. The number of hydrogen-bond donors (Lipinski definition) is 2. The fraction of sp³-hybridized carbons (Fsp3) is 0.0714. The molecule has 0 radical (unpaired) electrons. The first kappa shape index (κ1) is 13.4. The van der Waals surface area contributed by atoms with Gasteiger partial charge in [0.05, 0.1) is 11.4 Å². The third-order valence-electron chi connectivity index (χ3n) is 2.96. The summed E-state index contributed by atoms with van der Waals surface area (Å²) in [6.07, 6.45) is 0. The van der Waals surface area contributed by atoms with Crippen molar-refractivity contribution >= 4 is 28.5 Å². The van der Waals surface area contributed by atoms with E-state index in [4.69, 9.17) is 5.11 Å². The Hall–Kier alpha value is -2.54. The smallest absolute Gasteiger partial charge is 0.348 e. The highest BCUT2D eigenvalue weighted by molar-refractivity contribution is 7.99. The van der Waals surface area contributed by atoms with E-state index >= 15 is 0 Å². The second kappa shape index (κ2) is 5.45. The molecule has 0 aliphatic rings. The summed E-state index contributed by atoms with van der Waals surface area (Å²) in [7, 11) is 0. The molecule has 0 amide bonds. The third kappa shape index (κ3) is 2.68. The van der Waals surface area contributed by atoms with Crippen molar-refractivity contribution in [2.24, 2.45) is 0 Å². The van der Waals surface area contributed by atoms with E-state index in [1.54, 1.807) is 0 Å². The van der Waals surface area contributed by atoms with Crippen LogP contribution in [0, 0.1) is 0 Å². The van der Waals surface area contributed by atoms with Crippen molar-refractivity contribution in [1.82, 2.24) is 14.8 Å². The molecule has 0 saturated carbocycles. The Morgan fingerprint density at radius 3 is 2.76 bits per heavy atom. The Kier molecular flexibility index (Phi) is 3.49. The van der Waals surface area contributed by atoms with Crippen LogP contribution < -0.4 is 5.69 Å². The summed E-state index contributed by atoms with van der Waals surface area (Å²) in [5.41, 5.74) is 0.263. The highest BCUT2D eigenvalue weighted by Gasteiger charge is 2.12. The molecular weight excluding hydrogens is 290 g/mol. The van der Waals surface area contributed by atoms with Crippen LogP contribution in [0.3, 0.4) is 0 Å². The average Bonchev–Trinajstić information content (AvgIpc) is 2.85. The number of carbonyl (C=O) groups is 1. The van der Waals surface area contributed by atoms with Crippen molar-refractivity contribution < 1.29 is 9.90 Å². The molecule has 2 aromatic carbocycles. The van der Waals surface area contributed by atoms with Gasteiger partial charge >= 0.3 is 11.7 Å². The lowest BCUT2D eigenvalue weighted by atomic mass is 10.1. The summed E-state index contributed by atoms with van der Waals surface area (Å²) in [6.45, 7) is 0. The maximum atomic E-state index is 11.9. The molecule has 106 valence electrons. The maximum absolute atomic E-state index is 11.9. The molecule has 1 heterocycles. The molecule has 0 spiro atoms. The normalized spacial score (nSPS) is 10.9. The molecule has 3 aromatic rings. The van der Waals surface area contributed by atoms with Gasteiger partial charge in [-0.15, -0.1) is 5.10 Å². The molecule has 1 aromatic heterocycles. The highest BCUT2D eigenvalue weighted by atomic mass is 32.2. The van der Waals surface area contributed by atoms with Crippen molar-refractivity contribution in [2.45, 2.75) is 5.16 Å². The Balaban J connectivity index is 2.07. The Morgan fingerprint density at radius 2 is 2.00 bits per heavy atom. The van der Waals surface area contributed by atoms with E-state index in [9.17, 15) is 9.59 Å². The first-order valence-electron chi connectivity index (χ1n) is 6.16. The first-order chi connectivity index (χ1) is 10.1. The van der Waals surface area contributed by atoms with Crippen LogP contribution in [-0.4, -0.2) is 31.6 Å². The van der Waals surface area contributed by atoms with Crippen LogP contribution in [0.4, 0.5) is 0 Å². The summed E-state index contributed by atoms with van der Waals surface area (Å²) < 4.78 is 1.38. The summed E-state index contributed by atoms with van der Waals surface area (Å²) in [4.78, 5) is 22.6. The standard InChI is InChI=1S/C14H11N3O3S/c18-12(19)8-21-14-16-15-13(20)17(14)11-6-5-9-3-1-2-4-10(9)7-11/h1-7H,8H2,(H,15,20)(H,18,19). The van der Waals surface area contributed by atoms with Crippen LogP contribution in [0.15, 0.2) is 52.4 Å². The number of H-pyrrole nitrogens is 1. The number of aromatic nitrogens is 3. The number of fused-ring (bicyclic) bond motifs is 1. The van der Waals surface area contributed by atoms with E-state index in [2.05, 4.69) is 10.2 Å². The number of aromatic amines is 1. The lowest BCUT2D eigenvalue weighted by molar-refractivity contribution is -0.133. The zero-order valence-electron chi connectivity index (χ0n) is 10.8. The topological polar surface area (TPSA) is 88.0 Å². The average molecular weight is 301 g/mol. The largest absolute Gasteiger partial charge is 0.481 e. The monoisotopic (exact) mass is 301 g/mol. The summed E-state index contributed by atoms with van der Waals surface area (Å²) in [5, 5.41) is 17.4. The minimum absolute atomic E-state index is 0.155. The van der Waals surface area contributed by atoms with Gasteiger partial charge in [0.15, 0.2) is 5.16 Å². The summed E-state index contributed by atoms with van der Waals surface area (Å²) in [5.74, 6) is -1.11. The molecule has 0 fully saturated rings. The molecule has 21 heavy (non-hydrogen) atoms. The summed E-state index contributed by atoms with van der Waals surface area (Å²) >= 11 is 0.997. The molecule has 0 aliphatic carbocycles. The van der Waals surface area contributed by atoms with Gasteiger partial charge in [-0.25, -0.2) is 14.5 Å². The molecule has 3 rings (SSSR count). The van der Waals surface area contributed by atoms with E-state index in [-0.39, 0.29) is 5.75 Å². The molecule has 0 saturated heterocycles. The number of thioether (sulfide) groups is 1. The van der Waals surface area contributed by atoms with Gasteiger partial charge in [0.1, 0.15) is 0 Å². The quantitative estimate of drug-likeness (QED) is 0.718. The molecule has 0 atom stereocenters. The van der Waals surface area contributed by atoms with Gasteiger partial charge in [0, 0.05) is 0 Å². The number of nitrogens with one attached hydrogen (secondary N) is 1. The van der Waals surface area contributed by atoms with Gasteiger partial charge in [-0.2, -0.15) is 0 Å². The molecular formula is C14H11N3O3S. The van der Waals surface area contributed by atoms with E-state index in [0.29, 0.717) is 10.8 Å². The second-order valence-electron chi connectivity index (χ2n) is 4.36. The van der Waals surface area contributed by atoms with Gasteiger partial charge < -0.3 is 5.11 Å². The molecule has 2 N–H and O–H groups in total. The fourth-order valence-electron chi connectivity index (χ4n) is 2.05. The number of benzene rings is 2. The van der Waals surface area contributed by atoms with E-state index in [1.165, 1.54) is 4.57 Å². The molecule has 0 bridgehead atoms. The maximum Gasteiger partial charge on any atom is 0.348 e. The van der Waals surface area contributed by atoms with Crippen molar-refractivity contribution in [1.29, 1.82) is 0 Å². The number of aliphatic carboxylic acids is 1. The summed E-state index contributed by atoms with van der Waals surface area (Å²) in [6, 6.07) is 13.4. The van der Waals surface area contributed by atoms with Crippen LogP contribution in [0.2, 0.25) is 0 Å². The lowest BCUT2D eigenvalue weighted by Gasteiger charge is -2.06. The second-order valence-corrected chi connectivity index (χ2v) is 5.30. The van der Waals surface area contributed by atoms with Gasteiger partial charge in [0.2, 0.25) is 0 Å². The fourth-order valence-corrected chi connectivity index (χ4v) is 2.73. The predicted octanol–water partition coefficient (Wildman–Crippen LogP) is 1.89. The first-order valence-corrected chi connectivity index (χ1v) is 7.15. The zero-order valence-corrected chi connectivity index (χ0v) is 11.6. The minimum atomic E-state index is -0.958. The molecule has 6 nitrogen and oxygen atoms in total. The SMILES string of the molecule is O=C(O)CSc1n[nH]c(=O)n1-c1ccc2ccccc2c1. The Labute approximate surface area is 123 Å². The number of carboxylic acids is 1. The van der Waals surface area contributed by atoms with Crippen LogP contribution in [0.1, 0.15) is 0 Å². The minimum Gasteiger partial charge on any atom is -0.481 e. The predicted molar refractivity (Wildman–Crippen MR) is 80.1 cm³/mol. The molecule has 0 unspecified atom stereocenters. The Bertz CT molecular complexity index is 869. The van der Waals surface area contributed by atoms with Gasteiger partial charge in [0.25, 0.3) is 0 Å². The van der Waals surface area contributed by atoms with E-state index in [1.807, 2.05) is 42.5 Å². The molecule has 0 aliphatic heterocycles. The van der Waals surface area contributed by atoms with Crippen molar-refractivity contribution in [3.8, 4) is 5.69 Å². The van der Waals surface area contributed by atoms with Crippen LogP contribution in [0.25, 0.3) is 16.5 Å². The van der Waals surface area contributed by atoms with Crippen molar-refractivity contribution in [2.75, 3.05) is 5.75 Å². The number of carboxylic acid groups (broad SMARTS) is 1. The van der Waals surface area contributed by atoms with Crippen LogP contribution >= 0.6 is 11.8 Å². The number of rotatable bonds is 4. The van der Waals surface area contributed by atoms with Gasteiger partial charge in [-0.05, 0) is 22.9 Å². The highest BCUT2D eigenvalue weighted by Crippen LogP contribution is 2.21. The Morgan fingerprint density at radius 1 is 1.24 bits per heavy atom. The lowest BCUT2D eigenvalue weighted by Crippen LogP contribution is -2.15. The molecule has 7 heteroatoms. The van der Waals surface area contributed by atoms with Gasteiger partial charge in [-0.3, -0.25) is 4.79 Å². The van der Waals surface area contributed by atoms with Crippen LogP contribution in [-0.2, 0) is 4.79 Å². The van der Waals surface area contributed by atoms with Gasteiger partial charge in [-0.1, -0.05) is 42.1 Å². The zero-order chi connectivity index (χ0) is 14.8. The van der Waals surface area contributed by atoms with Crippen molar-refractivity contribution in [3.63, 3.8) is 0 Å². The number of hydrogen-bond acceptors (Lipinski definition) is 4. The van der Waals surface area contributed by atoms with Crippen molar-refractivity contribution in [3.05, 3.63) is 52.9 Å². The van der Waals surface area contributed by atoms with E-state index in [0.717, 1.165) is 22.5 Å².